The Morgan fingerprint density at radius 2 is 1.71 bits per heavy atom. The van der Waals surface area contributed by atoms with E-state index >= 15 is 0 Å². The SMILES string of the molecule is CNCc1ccc(-c2ccc(Br)cc2)cc1Cl. The second-order valence-electron chi connectivity index (χ2n) is 3.84. The summed E-state index contributed by atoms with van der Waals surface area (Å²) in [6.07, 6.45) is 0. The van der Waals surface area contributed by atoms with E-state index in [1.54, 1.807) is 0 Å². The predicted molar refractivity (Wildman–Crippen MR) is 77.4 cm³/mol. The average molecular weight is 311 g/mol. The molecule has 1 N–H and O–H groups in total. The van der Waals surface area contributed by atoms with Crippen LogP contribution in [0.5, 0.6) is 0 Å². The Kier molecular flexibility index (Phi) is 4.21. The van der Waals surface area contributed by atoms with Crippen LogP contribution in [0.15, 0.2) is 46.9 Å². The predicted octanol–water partition coefficient (Wildman–Crippen LogP) is 4.49. The number of hydrogen-bond donors (Lipinski definition) is 1. The molecule has 3 heteroatoms. The van der Waals surface area contributed by atoms with Crippen LogP contribution in [0.3, 0.4) is 0 Å². The molecule has 0 amide bonds. The number of benzene rings is 2. The quantitative estimate of drug-likeness (QED) is 0.881. The van der Waals surface area contributed by atoms with Gasteiger partial charge in [0.05, 0.1) is 0 Å². The first-order valence-corrected chi connectivity index (χ1v) is 6.57. The Hall–Kier alpha value is -0.830. The van der Waals surface area contributed by atoms with Crippen molar-refractivity contribution >= 4 is 27.5 Å². The summed E-state index contributed by atoms with van der Waals surface area (Å²) in [5.74, 6) is 0. The van der Waals surface area contributed by atoms with Crippen molar-refractivity contribution in [2.75, 3.05) is 7.05 Å². The number of nitrogens with one attached hydrogen (secondary N) is 1. The van der Waals surface area contributed by atoms with Crippen molar-refractivity contribution in [1.82, 2.24) is 5.32 Å². The first kappa shape index (κ1) is 12.6. The maximum Gasteiger partial charge on any atom is 0.0457 e. The van der Waals surface area contributed by atoms with Crippen LogP contribution < -0.4 is 5.32 Å². The van der Waals surface area contributed by atoms with E-state index in [-0.39, 0.29) is 0 Å². The van der Waals surface area contributed by atoms with E-state index in [1.807, 2.05) is 25.2 Å². The molecule has 0 aliphatic rings. The van der Waals surface area contributed by atoms with Gasteiger partial charge >= 0.3 is 0 Å². The fourth-order valence-electron chi connectivity index (χ4n) is 1.70. The third-order valence-electron chi connectivity index (χ3n) is 2.60. The van der Waals surface area contributed by atoms with Crippen LogP contribution in [-0.4, -0.2) is 7.05 Å². The van der Waals surface area contributed by atoms with E-state index in [9.17, 15) is 0 Å². The molecule has 0 aromatic heterocycles. The van der Waals surface area contributed by atoms with Crippen molar-refractivity contribution in [2.24, 2.45) is 0 Å². The van der Waals surface area contributed by atoms with Gasteiger partial charge in [-0.3, -0.25) is 0 Å². The standard InChI is InChI=1S/C14H13BrClN/c1-17-9-12-3-2-11(8-14(12)16)10-4-6-13(15)7-5-10/h2-8,17H,9H2,1H3. The molecule has 2 aromatic rings. The molecule has 0 aliphatic heterocycles. The largest absolute Gasteiger partial charge is 0.316 e. The summed E-state index contributed by atoms with van der Waals surface area (Å²) in [7, 11) is 1.92. The van der Waals surface area contributed by atoms with Crippen molar-refractivity contribution in [3.63, 3.8) is 0 Å². The molecule has 0 atom stereocenters. The van der Waals surface area contributed by atoms with Crippen molar-refractivity contribution in [3.8, 4) is 11.1 Å². The minimum atomic E-state index is 0.791. The summed E-state index contributed by atoms with van der Waals surface area (Å²) >= 11 is 9.67. The average Bonchev–Trinajstić information content (AvgIpc) is 2.33. The number of hydrogen-bond acceptors (Lipinski definition) is 1. The molecule has 0 heterocycles. The Bertz CT molecular complexity index is 508. The number of halogens is 2. The third-order valence-corrected chi connectivity index (χ3v) is 3.48. The molecule has 0 spiro atoms. The Morgan fingerprint density at radius 3 is 2.29 bits per heavy atom. The highest BCUT2D eigenvalue weighted by atomic mass is 79.9. The highest BCUT2D eigenvalue weighted by Crippen LogP contribution is 2.26. The van der Waals surface area contributed by atoms with Gasteiger partial charge in [0.25, 0.3) is 0 Å². The molecule has 0 fully saturated rings. The van der Waals surface area contributed by atoms with Gasteiger partial charge in [0.15, 0.2) is 0 Å². The van der Waals surface area contributed by atoms with E-state index in [4.69, 9.17) is 11.6 Å². The van der Waals surface area contributed by atoms with Crippen LogP contribution in [0.4, 0.5) is 0 Å². The van der Waals surface area contributed by atoms with Gasteiger partial charge in [-0.05, 0) is 41.9 Å². The minimum Gasteiger partial charge on any atom is -0.316 e. The van der Waals surface area contributed by atoms with Crippen molar-refractivity contribution in [1.29, 1.82) is 0 Å². The zero-order chi connectivity index (χ0) is 12.3. The van der Waals surface area contributed by atoms with Crippen LogP contribution in [0, 0.1) is 0 Å². The summed E-state index contributed by atoms with van der Waals surface area (Å²) < 4.78 is 1.08. The molecule has 1 nitrogen and oxygen atoms in total. The smallest absolute Gasteiger partial charge is 0.0457 e. The molecule has 17 heavy (non-hydrogen) atoms. The van der Waals surface area contributed by atoms with Crippen molar-refractivity contribution < 1.29 is 0 Å². The molecule has 88 valence electrons. The third kappa shape index (κ3) is 3.09. The zero-order valence-corrected chi connectivity index (χ0v) is 11.8. The molecule has 0 bridgehead atoms. The fourth-order valence-corrected chi connectivity index (χ4v) is 2.21. The molecule has 2 aromatic carbocycles. The van der Waals surface area contributed by atoms with Gasteiger partial charge in [0.1, 0.15) is 0 Å². The molecule has 0 saturated carbocycles. The fraction of sp³-hybridized carbons (Fsp3) is 0.143. The summed E-state index contributed by atoms with van der Waals surface area (Å²) in [6, 6.07) is 14.4. The second-order valence-corrected chi connectivity index (χ2v) is 5.17. The summed E-state index contributed by atoms with van der Waals surface area (Å²) in [6.45, 7) is 0.791. The summed E-state index contributed by atoms with van der Waals surface area (Å²) in [5.41, 5.74) is 3.43. The topological polar surface area (TPSA) is 12.0 Å². The van der Waals surface area contributed by atoms with E-state index in [0.29, 0.717) is 0 Å². The lowest BCUT2D eigenvalue weighted by molar-refractivity contribution is 0.818. The van der Waals surface area contributed by atoms with Crippen molar-refractivity contribution in [3.05, 3.63) is 57.5 Å². The monoisotopic (exact) mass is 309 g/mol. The van der Waals surface area contributed by atoms with Gasteiger partial charge in [-0.25, -0.2) is 0 Å². The molecule has 0 aliphatic carbocycles. The van der Waals surface area contributed by atoms with Crippen LogP contribution in [-0.2, 0) is 6.54 Å². The lowest BCUT2D eigenvalue weighted by atomic mass is 10.0. The lowest BCUT2D eigenvalue weighted by Gasteiger charge is -2.07. The second kappa shape index (κ2) is 5.67. The maximum absolute atomic E-state index is 6.24. The van der Waals surface area contributed by atoms with Crippen LogP contribution in [0.25, 0.3) is 11.1 Å². The van der Waals surface area contributed by atoms with Gasteiger partial charge in [0.2, 0.25) is 0 Å². The van der Waals surface area contributed by atoms with Crippen molar-refractivity contribution in [2.45, 2.75) is 6.54 Å². The summed E-state index contributed by atoms with van der Waals surface area (Å²) in [5, 5.41) is 3.91. The van der Waals surface area contributed by atoms with E-state index in [1.165, 1.54) is 5.56 Å². The molecular weight excluding hydrogens is 298 g/mol. The Morgan fingerprint density at radius 1 is 1.06 bits per heavy atom. The Labute approximate surface area is 115 Å². The lowest BCUT2D eigenvalue weighted by Crippen LogP contribution is -2.05. The first-order valence-electron chi connectivity index (χ1n) is 5.39. The number of rotatable bonds is 3. The van der Waals surface area contributed by atoms with Gasteiger partial charge in [-0.2, -0.15) is 0 Å². The van der Waals surface area contributed by atoms with E-state index in [2.05, 4.69) is 45.5 Å². The van der Waals surface area contributed by atoms with Crippen LogP contribution >= 0.6 is 27.5 Å². The van der Waals surface area contributed by atoms with E-state index in [0.717, 1.165) is 27.2 Å². The molecule has 0 radical (unpaired) electrons. The highest BCUT2D eigenvalue weighted by Gasteiger charge is 2.03. The van der Waals surface area contributed by atoms with Gasteiger partial charge in [-0.15, -0.1) is 0 Å². The highest BCUT2D eigenvalue weighted by molar-refractivity contribution is 9.10. The molecular formula is C14H13BrClN. The molecule has 0 unspecified atom stereocenters. The Balaban J connectivity index is 2.34. The first-order chi connectivity index (χ1) is 8.20. The zero-order valence-electron chi connectivity index (χ0n) is 9.50. The van der Waals surface area contributed by atoms with Crippen LogP contribution in [0.2, 0.25) is 5.02 Å². The summed E-state index contributed by atoms with van der Waals surface area (Å²) in [4.78, 5) is 0. The van der Waals surface area contributed by atoms with E-state index < -0.39 is 0 Å². The maximum atomic E-state index is 6.24. The molecule has 2 rings (SSSR count). The van der Waals surface area contributed by atoms with Gasteiger partial charge < -0.3 is 5.32 Å². The minimum absolute atomic E-state index is 0.791. The molecule has 0 saturated heterocycles. The van der Waals surface area contributed by atoms with Gasteiger partial charge in [0, 0.05) is 16.0 Å². The van der Waals surface area contributed by atoms with Gasteiger partial charge in [-0.1, -0.05) is 51.8 Å². The normalized spacial score (nSPS) is 10.5. The van der Waals surface area contributed by atoms with Crippen LogP contribution in [0.1, 0.15) is 5.56 Å².